The van der Waals surface area contributed by atoms with E-state index < -0.39 is 11.8 Å². The van der Waals surface area contributed by atoms with Gasteiger partial charge in [-0.15, -0.1) is 0 Å². The number of ether oxygens (including phenoxy) is 3. The Morgan fingerprint density at radius 1 is 1.02 bits per heavy atom. The quantitative estimate of drug-likeness (QED) is 0.446. The van der Waals surface area contributed by atoms with Crippen LogP contribution in [-0.2, 0) is 29.0 Å². The Morgan fingerprint density at radius 3 is 2.52 bits per heavy atom. The van der Waals surface area contributed by atoms with Crippen molar-refractivity contribution < 1.29 is 28.2 Å². The van der Waals surface area contributed by atoms with Crippen molar-refractivity contribution in [1.29, 1.82) is 0 Å². The van der Waals surface area contributed by atoms with Gasteiger partial charge in [0.2, 0.25) is 0 Å². The summed E-state index contributed by atoms with van der Waals surface area (Å²) in [6.45, 7) is 9.55. The Hall–Kier alpha value is -3.67. The van der Waals surface area contributed by atoms with Crippen molar-refractivity contribution in [2.45, 2.75) is 102 Å². The Kier molecular flexibility index (Phi) is 8.19. The van der Waals surface area contributed by atoms with Crippen LogP contribution in [0, 0.1) is 0 Å². The molecule has 2 aromatic rings. The number of hydrogen-bond donors (Lipinski definition) is 0. The average Bonchev–Trinajstić information content (AvgIpc) is 3.64. The Labute approximate surface area is 270 Å². The minimum absolute atomic E-state index is 0.0162. The first-order chi connectivity index (χ1) is 22.1. The van der Waals surface area contributed by atoms with Gasteiger partial charge in [0.15, 0.2) is 0 Å². The topological polar surface area (TPSA) is 101 Å². The molecule has 7 rings (SSSR count). The van der Waals surface area contributed by atoms with Crippen molar-refractivity contribution in [1.82, 2.24) is 24.7 Å². The summed E-state index contributed by atoms with van der Waals surface area (Å²) < 4.78 is 32.2. The highest BCUT2D eigenvalue weighted by molar-refractivity contribution is 5.71. The van der Waals surface area contributed by atoms with E-state index in [1.165, 1.54) is 0 Å². The number of anilines is 1. The summed E-state index contributed by atoms with van der Waals surface area (Å²) in [7, 11) is 0. The van der Waals surface area contributed by atoms with Gasteiger partial charge in [-0.1, -0.05) is 30.3 Å². The van der Waals surface area contributed by atoms with Crippen LogP contribution in [0.3, 0.4) is 0 Å². The predicted molar refractivity (Wildman–Crippen MR) is 168 cm³/mol. The van der Waals surface area contributed by atoms with Gasteiger partial charge in [0.1, 0.15) is 30.8 Å². The number of carbonyl (C=O) groups excluding carboxylic acids is 2. The molecule has 1 aromatic carbocycles. The molecule has 0 radical (unpaired) electrons. The molecule has 11 nitrogen and oxygen atoms in total. The van der Waals surface area contributed by atoms with Crippen molar-refractivity contribution in [3.8, 4) is 6.01 Å². The van der Waals surface area contributed by atoms with Crippen LogP contribution in [0.2, 0.25) is 0 Å². The number of halogens is 1. The number of rotatable bonds is 6. The van der Waals surface area contributed by atoms with E-state index in [0.29, 0.717) is 45.6 Å². The lowest BCUT2D eigenvalue weighted by molar-refractivity contribution is 0.0122. The zero-order valence-corrected chi connectivity index (χ0v) is 27.1. The van der Waals surface area contributed by atoms with Crippen LogP contribution in [0.15, 0.2) is 30.3 Å². The maximum atomic E-state index is 14.5. The first kappa shape index (κ1) is 31.0. The monoisotopic (exact) mass is 636 g/mol. The number of hydrogen-bond acceptors (Lipinski definition) is 9. The van der Waals surface area contributed by atoms with Gasteiger partial charge < -0.3 is 24.0 Å². The van der Waals surface area contributed by atoms with Crippen LogP contribution in [0.4, 0.5) is 19.8 Å². The zero-order chi connectivity index (χ0) is 32.1. The van der Waals surface area contributed by atoms with Crippen LogP contribution in [0.25, 0.3) is 0 Å². The molecule has 248 valence electrons. The average molecular weight is 637 g/mol. The maximum absolute atomic E-state index is 14.5. The third kappa shape index (κ3) is 6.20. The lowest BCUT2D eigenvalue weighted by Gasteiger charge is -2.42. The van der Waals surface area contributed by atoms with E-state index in [-0.39, 0.29) is 49.0 Å². The van der Waals surface area contributed by atoms with Crippen molar-refractivity contribution >= 4 is 18.0 Å². The molecular weight excluding hydrogens is 591 g/mol. The highest BCUT2D eigenvalue weighted by atomic mass is 19.1. The van der Waals surface area contributed by atoms with Gasteiger partial charge in [-0.3, -0.25) is 9.80 Å². The van der Waals surface area contributed by atoms with Gasteiger partial charge in [-0.2, -0.15) is 9.97 Å². The van der Waals surface area contributed by atoms with E-state index in [2.05, 4.69) is 9.80 Å². The molecule has 4 fully saturated rings. The number of amides is 2. The first-order valence-corrected chi connectivity index (χ1v) is 16.7. The molecule has 5 aliphatic heterocycles. The largest absolute Gasteiger partial charge is 0.461 e. The SMILES string of the molecule is CC(C)(C)OC(=O)N1[C@@H]2CC[C@H]1CN(c1nc(OC[C@@]34CCCN3C[C@H](F)C4)nc3c1CCN(C(=O)OCc1ccccc1)C3)C2. The fourth-order valence-electron chi connectivity index (χ4n) is 8.02. The highest BCUT2D eigenvalue weighted by Crippen LogP contribution is 2.41. The number of benzene rings is 1. The molecule has 12 heteroatoms. The molecule has 5 aliphatic rings. The van der Waals surface area contributed by atoms with E-state index in [1.54, 1.807) is 4.90 Å². The molecular formula is C34H45FN6O5. The zero-order valence-electron chi connectivity index (χ0n) is 27.1. The summed E-state index contributed by atoms with van der Waals surface area (Å²) in [4.78, 5) is 44.2. The Balaban J connectivity index is 1.12. The molecule has 0 saturated carbocycles. The van der Waals surface area contributed by atoms with E-state index in [1.807, 2.05) is 56.0 Å². The number of carbonyl (C=O) groups is 2. The third-order valence-corrected chi connectivity index (χ3v) is 10.1. The molecule has 6 heterocycles. The van der Waals surface area contributed by atoms with Gasteiger partial charge in [0, 0.05) is 38.2 Å². The van der Waals surface area contributed by atoms with E-state index in [0.717, 1.165) is 54.9 Å². The molecule has 4 saturated heterocycles. The summed E-state index contributed by atoms with van der Waals surface area (Å²) in [5.41, 5.74) is 1.77. The van der Waals surface area contributed by atoms with Gasteiger partial charge in [-0.05, 0) is 65.0 Å². The molecule has 0 unspecified atom stereocenters. The maximum Gasteiger partial charge on any atom is 0.410 e. The van der Waals surface area contributed by atoms with Crippen molar-refractivity contribution in [2.75, 3.05) is 44.2 Å². The second kappa shape index (κ2) is 12.2. The number of aromatic nitrogens is 2. The minimum Gasteiger partial charge on any atom is -0.461 e. The van der Waals surface area contributed by atoms with Crippen molar-refractivity contribution in [2.24, 2.45) is 0 Å². The van der Waals surface area contributed by atoms with Gasteiger partial charge in [0.25, 0.3) is 0 Å². The lowest BCUT2D eigenvalue weighted by Crippen LogP contribution is -2.57. The molecule has 1 aromatic heterocycles. The molecule has 0 aliphatic carbocycles. The summed E-state index contributed by atoms with van der Waals surface area (Å²) in [5.74, 6) is 0.800. The summed E-state index contributed by atoms with van der Waals surface area (Å²) in [6.07, 6.45) is 3.26. The summed E-state index contributed by atoms with van der Waals surface area (Å²) in [5, 5.41) is 0. The number of nitrogens with zero attached hydrogens (tertiary/aromatic N) is 6. The molecule has 46 heavy (non-hydrogen) atoms. The van der Waals surface area contributed by atoms with Crippen LogP contribution >= 0.6 is 0 Å². The normalized spacial score (nSPS) is 27.4. The third-order valence-electron chi connectivity index (χ3n) is 10.1. The second-order valence-electron chi connectivity index (χ2n) is 14.5. The van der Waals surface area contributed by atoms with Crippen LogP contribution < -0.4 is 9.64 Å². The van der Waals surface area contributed by atoms with E-state index in [9.17, 15) is 14.0 Å². The molecule has 0 N–H and O–H groups in total. The second-order valence-corrected chi connectivity index (χ2v) is 14.5. The minimum atomic E-state index is -0.851. The smallest absolute Gasteiger partial charge is 0.410 e. The molecule has 4 atom stereocenters. The number of alkyl halides is 1. The Bertz CT molecular complexity index is 1440. The van der Waals surface area contributed by atoms with Crippen LogP contribution in [0.5, 0.6) is 6.01 Å². The fourth-order valence-corrected chi connectivity index (χ4v) is 8.02. The summed E-state index contributed by atoms with van der Waals surface area (Å²) >= 11 is 0. The lowest BCUT2D eigenvalue weighted by atomic mass is 9.95. The van der Waals surface area contributed by atoms with Crippen LogP contribution in [0.1, 0.15) is 69.7 Å². The molecule has 2 amide bonds. The Morgan fingerprint density at radius 2 is 1.78 bits per heavy atom. The fraction of sp³-hybridized carbons (Fsp3) is 0.647. The molecule has 0 spiro atoms. The summed E-state index contributed by atoms with van der Waals surface area (Å²) in [6, 6.07) is 9.91. The predicted octanol–water partition coefficient (Wildman–Crippen LogP) is 4.71. The highest BCUT2D eigenvalue weighted by Gasteiger charge is 2.50. The number of piperazine rings is 1. The van der Waals surface area contributed by atoms with Gasteiger partial charge in [0.05, 0.1) is 29.9 Å². The van der Waals surface area contributed by atoms with Crippen molar-refractivity contribution in [3.63, 3.8) is 0 Å². The van der Waals surface area contributed by atoms with Crippen molar-refractivity contribution in [3.05, 3.63) is 47.2 Å². The van der Waals surface area contributed by atoms with Gasteiger partial charge >= 0.3 is 18.2 Å². The van der Waals surface area contributed by atoms with Gasteiger partial charge in [-0.25, -0.2) is 14.0 Å². The first-order valence-electron chi connectivity index (χ1n) is 16.7. The standard InChI is InChI=1S/C34H45FN6O5/c1-33(2,3)46-32(43)41-25-10-11-26(41)19-39(18-25)29-27-12-15-38(31(42)44-21-23-8-5-4-6-9-23)20-28(27)36-30(37-29)45-22-34-13-7-14-40(34)17-24(35)16-34/h4-6,8-9,24-26H,7,10-22H2,1-3H3/t24-,25-,26+,34+/m1/s1. The van der Waals surface area contributed by atoms with Crippen LogP contribution in [-0.4, -0.2) is 106 Å². The molecule has 2 bridgehead atoms. The van der Waals surface area contributed by atoms with E-state index in [4.69, 9.17) is 24.2 Å². The number of fused-ring (bicyclic) bond motifs is 4. The van der Waals surface area contributed by atoms with E-state index >= 15 is 0 Å².